The Labute approximate surface area is 189 Å². The molecule has 1 heterocycles. The molecule has 0 unspecified atom stereocenters. The predicted molar refractivity (Wildman–Crippen MR) is 123 cm³/mol. The number of esters is 1. The third-order valence-electron chi connectivity index (χ3n) is 4.71. The van der Waals surface area contributed by atoms with E-state index in [1.54, 1.807) is 48.5 Å². The zero-order chi connectivity index (χ0) is 21.4. The summed E-state index contributed by atoms with van der Waals surface area (Å²) < 4.78 is 5.61. The molecule has 0 radical (unpaired) electrons. The van der Waals surface area contributed by atoms with Crippen molar-refractivity contribution in [2.24, 2.45) is 0 Å². The van der Waals surface area contributed by atoms with Gasteiger partial charge in [0, 0.05) is 16.0 Å². The lowest BCUT2D eigenvalue weighted by Gasteiger charge is -2.13. The Morgan fingerprint density at radius 3 is 2.40 bits per heavy atom. The van der Waals surface area contributed by atoms with E-state index in [9.17, 15) is 4.79 Å². The molecule has 0 fully saturated rings. The average molecular weight is 457 g/mol. The fraction of sp³-hybridized carbons (Fsp3) is 0.0833. The molecule has 0 N–H and O–H groups in total. The van der Waals surface area contributed by atoms with Crippen molar-refractivity contribution >= 4 is 51.7 Å². The Kier molecular flexibility index (Phi) is 5.70. The smallest absolute Gasteiger partial charge is 0.344 e. The molecule has 0 aliphatic carbocycles. The number of ether oxygens (including phenoxy) is 1. The maximum Gasteiger partial charge on any atom is 0.344 e. The number of para-hydroxylation sites is 1. The van der Waals surface area contributed by atoms with E-state index in [0.717, 1.165) is 11.1 Å². The van der Waals surface area contributed by atoms with Gasteiger partial charge < -0.3 is 4.74 Å². The molecule has 150 valence electrons. The highest BCUT2D eigenvalue weighted by Gasteiger charge is 2.19. The monoisotopic (exact) mass is 455 g/mol. The second-order valence-electron chi connectivity index (χ2n) is 6.98. The first-order valence-electron chi connectivity index (χ1n) is 9.17. The molecule has 0 saturated heterocycles. The van der Waals surface area contributed by atoms with Crippen molar-refractivity contribution in [3.8, 4) is 17.0 Å². The van der Waals surface area contributed by atoms with Gasteiger partial charge >= 0.3 is 5.97 Å². The van der Waals surface area contributed by atoms with E-state index in [1.165, 1.54) is 0 Å². The van der Waals surface area contributed by atoms with Crippen LogP contribution in [0.3, 0.4) is 0 Å². The quantitative estimate of drug-likeness (QED) is 0.234. The molecule has 0 aliphatic rings. The van der Waals surface area contributed by atoms with Gasteiger partial charge in [-0.05, 0) is 61.9 Å². The summed E-state index contributed by atoms with van der Waals surface area (Å²) >= 11 is 18.6. The standard InChI is InChI=1S/C24H16Cl3NO2/c1-13-9-14(2)23-17(10-13)18(24(29)30-22-6-4-3-5-19(22)26)12-21(28-23)16-8-7-15(25)11-20(16)27/h3-12H,1-2H3. The number of nitrogens with zero attached hydrogens (tertiary/aromatic N) is 1. The minimum absolute atomic E-state index is 0.296. The van der Waals surface area contributed by atoms with Crippen molar-refractivity contribution in [3.63, 3.8) is 0 Å². The molecule has 0 bridgehead atoms. The van der Waals surface area contributed by atoms with Crippen LogP contribution in [0.5, 0.6) is 5.75 Å². The first-order chi connectivity index (χ1) is 14.3. The van der Waals surface area contributed by atoms with Crippen molar-refractivity contribution < 1.29 is 9.53 Å². The number of hydrogen-bond donors (Lipinski definition) is 0. The van der Waals surface area contributed by atoms with Crippen LogP contribution in [0.2, 0.25) is 15.1 Å². The number of carbonyl (C=O) groups is 1. The normalized spacial score (nSPS) is 11.0. The van der Waals surface area contributed by atoms with E-state index in [-0.39, 0.29) is 0 Å². The first kappa shape index (κ1) is 20.7. The van der Waals surface area contributed by atoms with Crippen molar-refractivity contribution in [3.05, 3.63) is 92.4 Å². The number of pyridine rings is 1. The van der Waals surface area contributed by atoms with Gasteiger partial charge in [0.2, 0.25) is 0 Å². The Morgan fingerprint density at radius 1 is 0.900 bits per heavy atom. The van der Waals surface area contributed by atoms with Gasteiger partial charge in [0.15, 0.2) is 0 Å². The molecule has 3 aromatic carbocycles. The maximum atomic E-state index is 13.2. The minimum atomic E-state index is -0.521. The minimum Gasteiger partial charge on any atom is -0.421 e. The molecule has 3 nitrogen and oxygen atoms in total. The number of benzene rings is 3. The Morgan fingerprint density at radius 2 is 1.67 bits per heavy atom. The van der Waals surface area contributed by atoms with Crippen LogP contribution >= 0.6 is 34.8 Å². The Hall–Kier alpha value is -2.59. The van der Waals surface area contributed by atoms with E-state index in [2.05, 4.69) is 0 Å². The summed E-state index contributed by atoms with van der Waals surface area (Å²) in [5.74, 6) is -0.226. The lowest BCUT2D eigenvalue weighted by Crippen LogP contribution is -2.11. The highest BCUT2D eigenvalue weighted by molar-refractivity contribution is 6.36. The van der Waals surface area contributed by atoms with Crippen molar-refractivity contribution in [2.75, 3.05) is 0 Å². The Balaban J connectivity index is 1.92. The van der Waals surface area contributed by atoms with Gasteiger partial charge in [-0.25, -0.2) is 9.78 Å². The summed E-state index contributed by atoms with van der Waals surface area (Å²) in [6.45, 7) is 3.93. The lowest BCUT2D eigenvalue weighted by atomic mass is 10.00. The SMILES string of the molecule is Cc1cc(C)c2nc(-c3ccc(Cl)cc3Cl)cc(C(=O)Oc3ccccc3Cl)c2c1. The molecular weight excluding hydrogens is 441 g/mol. The van der Waals surface area contributed by atoms with E-state index < -0.39 is 5.97 Å². The van der Waals surface area contributed by atoms with Crippen LogP contribution in [0.1, 0.15) is 21.5 Å². The fourth-order valence-corrected chi connectivity index (χ4v) is 4.05. The van der Waals surface area contributed by atoms with E-state index in [4.69, 9.17) is 44.5 Å². The van der Waals surface area contributed by atoms with Gasteiger partial charge in [-0.15, -0.1) is 0 Å². The molecule has 4 rings (SSSR count). The summed E-state index contributed by atoms with van der Waals surface area (Å²) in [6, 6.07) is 17.6. The largest absolute Gasteiger partial charge is 0.421 e. The highest BCUT2D eigenvalue weighted by Crippen LogP contribution is 2.34. The molecule has 4 aromatic rings. The van der Waals surface area contributed by atoms with Gasteiger partial charge in [0.05, 0.1) is 26.8 Å². The van der Waals surface area contributed by atoms with E-state index in [1.807, 2.05) is 26.0 Å². The number of aryl methyl sites for hydroxylation is 2. The van der Waals surface area contributed by atoms with Gasteiger partial charge in [-0.1, -0.05) is 58.6 Å². The van der Waals surface area contributed by atoms with Gasteiger partial charge in [-0.2, -0.15) is 0 Å². The van der Waals surface area contributed by atoms with Crippen molar-refractivity contribution in [1.29, 1.82) is 0 Å². The van der Waals surface area contributed by atoms with Gasteiger partial charge in [0.1, 0.15) is 5.75 Å². The zero-order valence-electron chi connectivity index (χ0n) is 16.2. The van der Waals surface area contributed by atoms with Gasteiger partial charge in [0.25, 0.3) is 0 Å². The fourth-order valence-electron chi connectivity index (χ4n) is 3.37. The molecular formula is C24H16Cl3NO2. The molecule has 6 heteroatoms. The number of hydrogen-bond acceptors (Lipinski definition) is 3. The van der Waals surface area contributed by atoms with Crippen molar-refractivity contribution in [1.82, 2.24) is 4.98 Å². The summed E-state index contributed by atoms with van der Waals surface area (Å²) in [7, 11) is 0. The molecule has 1 aromatic heterocycles. The number of halogens is 3. The summed E-state index contributed by atoms with van der Waals surface area (Å²) in [6.07, 6.45) is 0. The van der Waals surface area contributed by atoms with Crippen molar-refractivity contribution in [2.45, 2.75) is 13.8 Å². The first-order valence-corrected chi connectivity index (χ1v) is 10.3. The third kappa shape index (κ3) is 4.01. The van der Waals surface area contributed by atoms with Crippen LogP contribution in [0.15, 0.2) is 60.7 Å². The predicted octanol–water partition coefficient (Wildman–Crippen LogP) is 7.70. The highest BCUT2D eigenvalue weighted by atomic mass is 35.5. The van der Waals surface area contributed by atoms with Crippen LogP contribution in [-0.2, 0) is 0 Å². The lowest BCUT2D eigenvalue weighted by molar-refractivity contribution is 0.0737. The molecule has 0 atom stereocenters. The third-order valence-corrected chi connectivity index (χ3v) is 5.57. The average Bonchev–Trinajstić information content (AvgIpc) is 2.69. The molecule has 0 spiro atoms. The second kappa shape index (κ2) is 8.27. The van der Waals surface area contributed by atoms with Crippen LogP contribution in [0, 0.1) is 13.8 Å². The number of rotatable bonds is 3. The Bertz CT molecular complexity index is 1300. The molecule has 0 saturated carbocycles. The number of carbonyl (C=O) groups excluding carboxylic acids is 1. The number of fused-ring (bicyclic) bond motifs is 1. The van der Waals surface area contributed by atoms with E-state index >= 15 is 0 Å². The molecule has 0 aliphatic heterocycles. The van der Waals surface area contributed by atoms with Crippen LogP contribution < -0.4 is 4.74 Å². The van der Waals surface area contributed by atoms with Crippen LogP contribution in [0.4, 0.5) is 0 Å². The van der Waals surface area contributed by atoms with Crippen LogP contribution in [-0.4, -0.2) is 11.0 Å². The van der Waals surface area contributed by atoms with E-state index in [0.29, 0.717) is 48.5 Å². The summed E-state index contributed by atoms with van der Waals surface area (Å²) in [5.41, 5.74) is 4.29. The van der Waals surface area contributed by atoms with Crippen LogP contribution in [0.25, 0.3) is 22.2 Å². The summed E-state index contributed by atoms with van der Waals surface area (Å²) in [5, 5.41) is 2.04. The second-order valence-corrected chi connectivity index (χ2v) is 8.23. The van der Waals surface area contributed by atoms with Gasteiger partial charge in [-0.3, -0.25) is 0 Å². The zero-order valence-corrected chi connectivity index (χ0v) is 18.4. The topological polar surface area (TPSA) is 39.2 Å². The molecule has 30 heavy (non-hydrogen) atoms. The molecule has 0 amide bonds. The summed E-state index contributed by atoms with van der Waals surface area (Å²) in [4.78, 5) is 17.9. The maximum absolute atomic E-state index is 13.2. The number of aromatic nitrogens is 1.